The molecule has 0 aliphatic rings. The minimum Gasteiger partial charge on any atom is -0.298 e. The van der Waals surface area contributed by atoms with Crippen molar-refractivity contribution in [1.82, 2.24) is 36.4 Å². The van der Waals surface area contributed by atoms with E-state index < -0.39 is 16.7 Å². The van der Waals surface area contributed by atoms with Gasteiger partial charge in [-0.1, -0.05) is 30.3 Å². The second kappa shape index (κ2) is 9.29. The number of nitro groups is 1. The van der Waals surface area contributed by atoms with Crippen LogP contribution in [0.25, 0.3) is 11.4 Å². The minimum atomic E-state index is -0.595. The number of benzene rings is 2. The summed E-state index contributed by atoms with van der Waals surface area (Å²) in [4.78, 5) is 35.2. The van der Waals surface area contributed by atoms with Gasteiger partial charge in [0.2, 0.25) is 5.82 Å². The molecule has 3 aromatic rings. The summed E-state index contributed by atoms with van der Waals surface area (Å²) >= 11 is 4.93. The van der Waals surface area contributed by atoms with E-state index in [-0.39, 0.29) is 22.9 Å². The van der Waals surface area contributed by atoms with E-state index in [2.05, 4.69) is 31.6 Å². The Morgan fingerprint density at radius 3 is 2.43 bits per heavy atom. The SMILES string of the molecule is O=C(Cn1nnc(-c2ccccc2)n1)NNC(=S)NC(=O)c1ccc([N+](=O)[O-])cc1. The molecule has 0 atom stereocenters. The van der Waals surface area contributed by atoms with Crippen LogP contribution in [0.4, 0.5) is 5.69 Å². The molecule has 30 heavy (non-hydrogen) atoms. The van der Waals surface area contributed by atoms with Crippen LogP contribution in [0, 0.1) is 10.1 Å². The fraction of sp³-hybridized carbons (Fsp3) is 0.0588. The van der Waals surface area contributed by atoms with Gasteiger partial charge < -0.3 is 0 Å². The topological polar surface area (TPSA) is 157 Å². The maximum Gasteiger partial charge on any atom is 0.269 e. The fourth-order valence-electron chi connectivity index (χ4n) is 2.25. The maximum atomic E-state index is 12.1. The first-order valence-electron chi connectivity index (χ1n) is 8.40. The highest BCUT2D eigenvalue weighted by Crippen LogP contribution is 2.12. The van der Waals surface area contributed by atoms with Crippen LogP contribution in [0.5, 0.6) is 0 Å². The number of nitro benzene ring substituents is 1. The smallest absolute Gasteiger partial charge is 0.269 e. The first kappa shape index (κ1) is 20.5. The lowest BCUT2D eigenvalue weighted by Gasteiger charge is -2.10. The lowest BCUT2D eigenvalue weighted by Crippen LogP contribution is -2.49. The van der Waals surface area contributed by atoms with Crippen LogP contribution in [0.3, 0.4) is 0 Å². The molecule has 152 valence electrons. The van der Waals surface area contributed by atoms with Crippen LogP contribution in [0.2, 0.25) is 0 Å². The van der Waals surface area contributed by atoms with Crippen molar-refractivity contribution in [2.24, 2.45) is 0 Å². The molecule has 3 N–H and O–H groups in total. The number of nitrogens with zero attached hydrogens (tertiary/aromatic N) is 5. The summed E-state index contributed by atoms with van der Waals surface area (Å²) in [5.74, 6) is -0.747. The normalized spacial score (nSPS) is 10.1. The molecular formula is C17H14N8O4S. The lowest BCUT2D eigenvalue weighted by molar-refractivity contribution is -0.384. The van der Waals surface area contributed by atoms with Gasteiger partial charge in [-0.15, -0.1) is 10.2 Å². The maximum absolute atomic E-state index is 12.1. The standard InChI is InChI=1S/C17H14N8O4S/c26-14(10-24-22-15(20-23-24)11-4-2-1-3-5-11)19-21-17(30)18-16(27)12-6-8-13(9-7-12)25(28)29/h1-9H,10H2,(H,19,26)(H2,18,21,27,30). The Kier molecular flexibility index (Phi) is 6.34. The number of aromatic nitrogens is 4. The summed E-state index contributed by atoms with van der Waals surface area (Å²) in [6.45, 7) is -0.230. The number of hydrazine groups is 1. The van der Waals surface area contributed by atoms with Gasteiger partial charge in [0.15, 0.2) is 5.11 Å². The first-order valence-corrected chi connectivity index (χ1v) is 8.81. The number of amides is 2. The molecule has 12 nitrogen and oxygen atoms in total. The Labute approximate surface area is 174 Å². The first-order chi connectivity index (χ1) is 14.4. The van der Waals surface area contributed by atoms with Gasteiger partial charge in [-0.2, -0.15) is 4.80 Å². The third-order valence-corrected chi connectivity index (χ3v) is 3.86. The highest BCUT2D eigenvalue weighted by molar-refractivity contribution is 7.80. The van der Waals surface area contributed by atoms with Gasteiger partial charge >= 0.3 is 0 Å². The fourth-order valence-corrected chi connectivity index (χ4v) is 2.39. The van der Waals surface area contributed by atoms with E-state index in [1.165, 1.54) is 24.3 Å². The van der Waals surface area contributed by atoms with Crippen LogP contribution in [-0.4, -0.2) is 42.1 Å². The summed E-state index contributed by atoms with van der Waals surface area (Å²) in [6, 6.07) is 14.1. The second-order valence-corrected chi connectivity index (χ2v) is 6.18. The van der Waals surface area contributed by atoms with Crippen LogP contribution in [0.15, 0.2) is 54.6 Å². The molecule has 13 heteroatoms. The van der Waals surface area contributed by atoms with E-state index in [1.807, 2.05) is 30.3 Å². The molecule has 2 aromatic carbocycles. The molecule has 0 saturated carbocycles. The lowest BCUT2D eigenvalue weighted by atomic mass is 10.2. The Hall–Kier alpha value is -4.26. The Bertz CT molecular complexity index is 1080. The number of non-ortho nitro benzene ring substituents is 1. The monoisotopic (exact) mass is 426 g/mol. The van der Waals surface area contributed by atoms with Crippen molar-refractivity contribution in [3.8, 4) is 11.4 Å². The van der Waals surface area contributed by atoms with E-state index >= 15 is 0 Å². The zero-order valence-corrected chi connectivity index (χ0v) is 16.0. The van der Waals surface area contributed by atoms with E-state index in [0.717, 1.165) is 10.4 Å². The molecule has 0 fully saturated rings. The third kappa shape index (κ3) is 5.39. The van der Waals surface area contributed by atoms with Crippen molar-refractivity contribution < 1.29 is 14.5 Å². The van der Waals surface area contributed by atoms with Crippen molar-refractivity contribution in [2.75, 3.05) is 0 Å². The largest absolute Gasteiger partial charge is 0.298 e. The Balaban J connectivity index is 1.46. The number of carbonyl (C=O) groups excluding carboxylic acids is 2. The molecule has 2 amide bonds. The van der Waals surface area contributed by atoms with Gasteiger partial charge in [0.05, 0.1) is 4.92 Å². The minimum absolute atomic E-state index is 0.142. The summed E-state index contributed by atoms with van der Waals surface area (Å²) < 4.78 is 0. The predicted molar refractivity (Wildman–Crippen MR) is 108 cm³/mol. The summed E-state index contributed by atoms with van der Waals surface area (Å²) in [6.07, 6.45) is 0. The van der Waals surface area contributed by atoms with Gasteiger partial charge in [0.1, 0.15) is 6.54 Å². The molecule has 0 bridgehead atoms. The summed E-state index contributed by atoms with van der Waals surface area (Å²) in [7, 11) is 0. The number of nitrogens with one attached hydrogen (secondary N) is 3. The van der Waals surface area contributed by atoms with Crippen molar-refractivity contribution in [1.29, 1.82) is 0 Å². The Morgan fingerprint density at radius 2 is 1.77 bits per heavy atom. The molecule has 0 radical (unpaired) electrons. The number of tetrazole rings is 1. The molecule has 1 heterocycles. The van der Waals surface area contributed by atoms with Crippen molar-refractivity contribution in [2.45, 2.75) is 6.54 Å². The molecule has 0 aliphatic carbocycles. The predicted octanol–water partition coefficient (Wildman–Crippen LogP) is 0.584. The van der Waals surface area contributed by atoms with Crippen molar-refractivity contribution >= 4 is 34.8 Å². The van der Waals surface area contributed by atoms with E-state index in [4.69, 9.17) is 12.2 Å². The summed E-state index contributed by atoms with van der Waals surface area (Å²) in [5.41, 5.74) is 5.45. The third-order valence-electron chi connectivity index (χ3n) is 3.65. The van der Waals surface area contributed by atoms with Crippen LogP contribution >= 0.6 is 12.2 Å². The van der Waals surface area contributed by atoms with E-state index in [0.29, 0.717) is 5.82 Å². The number of hydrogen-bond acceptors (Lipinski definition) is 8. The van der Waals surface area contributed by atoms with Crippen LogP contribution in [-0.2, 0) is 11.3 Å². The zero-order valence-electron chi connectivity index (χ0n) is 15.2. The summed E-state index contributed by atoms with van der Waals surface area (Å²) in [5, 5.41) is 24.6. The highest BCUT2D eigenvalue weighted by Gasteiger charge is 2.12. The highest BCUT2D eigenvalue weighted by atomic mass is 32.1. The molecule has 0 spiro atoms. The van der Waals surface area contributed by atoms with Crippen LogP contribution in [0.1, 0.15) is 10.4 Å². The molecule has 0 aliphatic heterocycles. The van der Waals surface area contributed by atoms with Gasteiger partial charge in [-0.3, -0.25) is 35.9 Å². The quantitative estimate of drug-likeness (QED) is 0.302. The van der Waals surface area contributed by atoms with Gasteiger partial charge in [-0.25, -0.2) is 0 Å². The zero-order chi connectivity index (χ0) is 21.5. The molecule has 3 rings (SSSR count). The molecule has 0 unspecified atom stereocenters. The number of carbonyl (C=O) groups is 2. The average Bonchev–Trinajstić information content (AvgIpc) is 3.21. The van der Waals surface area contributed by atoms with Crippen molar-refractivity contribution in [3.63, 3.8) is 0 Å². The molecule has 0 saturated heterocycles. The number of thiocarbonyl (C=S) groups is 1. The molecular weight excluding hydrogens is 412 g/mol. The number of hydrogen-bond donors (Lipinski definition) is 3. The average molecular weight is 426 g/mol. The van der Waals surface area contributed by atoms with Gasteiger partial charge in [0, 0.05) is 23.3 Å². The van der Waals surface area contributed by atoms with Crippen LogP contribution < -0.4 is 16.2 Å². The number of rotatable bonds is 5. The van der Waals surface area contributed by atoms with Gasteiger partial charge in [0.25, 0.3) is 17.5 Å². The Morgan fingerprint density at radius 1 is 1.07 bits per heavy atom. The second-order valence-electron chi connectivity index (χ2n) is 5.77. The van der Waals surface area contributed by atoms with Crippen molar-refractivity contribution in [3.05, 3.63) is 70.3 Å². The van der Waals surface area contributed by atoms with E-state index in [1.54, 1.807) is 0 Å². The van der Waals surface area contributed by atoms with E-state index in [9.17, 15) is 19.7 Å². The van der Waals surface area contributed by atoms with Gasteiger partial charge in [-0.05, 0) is 29.6 Å². The molecule has 1 aromatic heterocycles.